The third-order valence-electron chi connectivity index (χ3n) is 4.81. The molecule has 152 valence electrons. The first-order valence-corrected chi connectivity index (χ1v) is 10.6. The van der Waals surface area contributed by atoms with Gasteiger partial charge in [0.25, 0.3) is 0 Å². The smallest absolute Gasteiger partial charge is 0.194 e. The first kappa shape index (κ1) is 20.5. The van der Waals surface area contributed by atoms with Crippen LogP contribution in [0.25, 0.3) is 0 Å². The van der Waals surface area contributed by atoms with Gasteiger partial charge in [0.1, 0.15) is 12.4 Å². The SMILES string of the molecule is CN=C(NCc1ccccc1OCCN(C)C)N1CCN(c2cccs2)CC1. The fourth-order valence-electron chi connectivity index (χ4n) is 3.22. The Morgan fingerprint density at radius 3 is 2.61 bits per heavy atom. The summed E-state index contributed by atoms with van der Waals surface area (Å²) in [5.74, 6) is 1.89. The highest BCUT2D eigenvalue weighted by Crippen LogP contribution is 2.22. The molecule has 6 nitrogen and oxygen atoms in total. The van der Waals surface area contributed by atoms with E-state index in [-0.39, 0.29) is 0 Å². The van der Waals surface area contributed by atoms with Crippen LogP contribution in [-0.2, 0) is 6.54 Å². The molecule has 3 rings (SSSR count). The maximum absolute atomic E-state index is 5.97. The van der Waals surface area contributed by atoms with E-state index in [1.807, 2.05) is 19.2 Å². The average molecular weight is 402 g/mol. The number of hydrogen-bond donors (Lipinski definition) is 1. The normalized spacial score (nSPS) is 15.2. The van der Waals surface area contributed by atoms with Crippen molar-refractivity contribution in [1.82, 2.24) is 15.1 Å². The number of aliphatic imine (C=N–C) groups is 1. The van der Waals surface area contributed by atoms with Crippen molar-refractivity contribution in [3.8, 4) is 5.75 Å². The maximum atomic E-state index is 5.97. The van der Waals surface area contributed by atoms with E-state index < -0.39 is 0 Å². The molecule has 1 fully saturated rings. The van der Waals surface area contributed by atoms with Gasteiger partial charge in [-0.05, 0) is 37.7 Å². The van der Waals surface area contributed by atoms with Gasteiger partial charge in [0.2, 0.25) is 0 Å². The van der Waals surface area contributed by atoms with E-state index in [0.29, 0.717) is 13.2 Å². The molecule has 0 aliphatic carbocycles. The number of hydrogen-bond acceptors (Lipinski definition) is 5. The van der Waals surface area contributed by atoms with Crippen molar-refractivity contribution < 1.29 is 4.74 Å². The number of nitrogens with zero attached hydrogens (tertiary/aromatic N) is 4. The summed E-state index contributed by atoms with van der Waals surface area (Å²) in [6, 6.07) is 12.5. The van der Waals surface area contributed by atoms with Crippen molar-refractivity contribution >= 4 is 22.3 Å². The molecule has 0 saturated carbocycles. The Morgan fingerprint density at radius 1 is 1.14 bits per heavy atom. The van der Waals surface area contributed by atoms with E-state index in [0.717, 1.165) is 50.0 Å². The largest absolute Gasteiger partial charge is 0.492 e. The molecule has 0 amide bonds. The van der Waals surface area contributed by atoms with Crippen molar-refractivity contribution in [2.75, 3.05) is 65.4 Å². The number of ether oxygens (including phenoxy) is 1. The molecule has 28 heavy (non-hydrogen) atoms. The lowest BCUT2D eigenvalue weighted by Gasteiger charge is -2.37. The minimum atomic E-state index is 0.684. The fourth-order valence-corrected chi connectivity index (χ4v) is 4.01. The Labute approximate surface area is 172 Å². The molecule has 7 heteroatoms. The van der Waals surface area contributed by atoms with Gasteiger partial charge >= 0.3 is 0 Å². The lowest BCUT2D eigenvalue weighted by molar-refractivity contribution is 0.259. The zero-order valence-electron chi connectivity index (χ0n) is 17.1. The van der Waals surface area contributed by atoms with Crippen molar-refractivity contribution in [3.05, 3.63) is 47.3 Å². The number of para-hydroxylation sites is 1. The van der Waals surface area contributed by atoms with Gasteiger partial charge in [-0.2, -0.15) is 0 Å². The minimum Gasteiger partial charge on any atom is -0.492 e. The van der Waals surface area contributed by atoms with Crippen LogP contribution in [0.5, 0.6) is 5.75 Å². The number of rotatable bonds is 7. The van der Waals surface area contributed by atoms with Crippen LogP contribution in [0, 0.1) is 0 Å². The lowest BCUT2D eigenvalue weighted by atomic mass is 10.2. The van der Waals surface area contributed by atoms with Crippen LogP contribution in [0.3, 0.4) is 0 Å². The Bertz CT molecular complexity index is 739. The number of nitrogens with one attached hydrogen (secondary N) is 1. The first-order chi connectivity index (χ1) is 13.7. The average Bonchev–Trinajstić information content (AvgIpc) is 3.24. The quantitative estimate of drug-likeness (QED) is 0.571. The van der Waals surface area contributed by atoms with Crippen molar-refractivity contribution in [2.24, 2.45) is 4.99 Å². The van der Waals surface area contributed by atoms with E-state index in [4.69, 9.17) is 4.74 Å². The van der Waals surface area contributed by atoms with Crippen molar-refractivity contribution in [1.29, 1.82) is 0 Å². The molecular formula is C21H31N5OS. The van der Waals surface area contributed by atoms with Gasteiger partial charge in [0, 0.05) is 51.9 Å². The second-order valence-electron chi connectivity index (χ2n) is 7.09. The molecule has 1 aliphatic rings. The van der Waals surface area contributed by atoms with Gasteiger partial charge < -0.3 is 24.8 Å². The van der Waals surface area contributed by atoms with E-state index in [2.05, 4.69) is 68.7 Å². The molecule has 0 bridgehead atoms. The minimum absolute atomic E-state index is 0.684. The molecule has 0 unspecified atom stereocenters. The predicted molar refractivity (Wildman–Crippen MR) is 119 cm³/mol. The third-order valence-corrected chi connectivity index (χ3v) is 5.74. The van der Waals surface area contributed by atoms with Crippen LogP contribution >= 0.6 is 11.3 Å². The van der Waals surface area contributed by atoms with E-state index in [1.54, 1.807) is 11.3 Å². The summed E-state index contributed by atoms with van der Waals surface area (Å²) in [5.41, 5.74) is 1.15. The molecule has 0 spiro atoms. The highest BCUT2D eigenvalue weighted by Gasteiger charge is 2.20. The van der Waals surface area contributed by atoms with Crippen LogP contribution in [0.15, 0.2) is 46.8 Å². The monoisotopic (exact) mass is 401 g/mol. The molecule has 0 atom stereocenters. The van der Waals surface area contributed by atoms with Crippen molar-refractivity contribution in [3.63, 3.8) is 0 Å². The molecule has 1 aromatic heterocycles. The van der Waals surface area contributed by atoms with Gasteiger partial charge in [-0.1, -0.05) is 18.2 Å². The molecule has 0 radical (unpaired) electrons. The van der Waals surface area contributed by atoms with Crippen LogP contribution in [-0.4, -0.2) is 76.2 Å². The first-order valence-electron chi connectivity index (χ1n) is 9.77. The van der Waals surface area contributed by atoms with Gasteiger partial charge in [-0.3, -0.25) is 4.99 Å². The second-order valence-corrected chi connectivity index (χ2v) is 8.01. The molecule has 2 heterocycles. The predicted octanol–water partition coefficient (Wildman–Crippen LogP) is 2.59. The molecule has 1 aromatic carbocycles. The van der Waals surface area contributed by atoms with Crippen molar-refractivity contribution in [2.45, 2.75) is 6.54 Å². The summed E-state index contributed by atoms with van der Waals surface area (Å²) in [4.78, 5) is 11.4. The zero-order chi connectivity index (χ0) is 19.8. The summed E-state index contributed by atoms with van der Waals surface area (Å²) in [5, 5.41) is 7.01. The summed E-state index contributed by atoms with van der Waals surface area (Å²) in [6.07, 6.45) is 0. The van der Waals surface area contributed by atoms with Gasteiger partial charge in [-0.15, -0.1) is 11.3 Å². The molecule has 2 aromatic rings. The number of benzene rings is 1. The summed E-state index contributed by atoms with van der Waals surface area (Å²) >= 11 is 1.81. The Morgan fingerprint density at radius 2 is 1.93 bits per heavy atom. The van der Waals surface area contributed by atoms with Crippen LogP contribution in [0.4, 0.5) is 5.00 Å². The summed E-state index contributed by atoms with van der Waals surface area (Å²) in [6.45, 7) is 6.27. The Balaban J connectivity index is 1.52. The maximum Gasteiger partial charge on any atom is 0.194 e. The van der Waals surface area contributed by atoms with Gasteiger partial charge in [0.15, 0.2) is 5.96 Å². The summed E-state index contributed by atoms with van der Waals surface area (Å²) < 4.78 is 5.97. The third kappa shape index (κ3) is 5.62. The topological polar surface area (TPSA) is 43.3 Å². The molecule has 1 N–H and O–H groups in total. The van der Waals surface area contributed by atoms with Gasteiger partial charge in [0.05, 0.1) is 5.00 Å². The lowest BCUT2D eigenvalue weighted by Crippen LogP contribution is -2.52. The van der Waals surface area contributed by atoms with Crippen LogP contribution < -0.4 is 15.0 Å². The molecule has 1 aliphatic heterocycles. The molecule has 1 saturated heterocycles. The standard InChI is InChI=1S/C21H31N5OS/c1-22-21(26-12-10-25(11-13-26)20-9-6-16-28-20)23-17-18-7-4-5-8-19(18)27-15-14-24(2)3/h4-9,16H,10-15,17H2,1-3H3,(H,22,23). The number of thiophene rings is 1. The van der Waals surface area contributed by atoms with Gasteiger partial charge in [-0.25, -0.2) is 0 Å². The number of likely N-dealkylation sites (N-methyl/N-ethyl adjacent to an activating group) is 1. The van der Waals surface area contributed by atoms with E-state index >= 15 is 0 Å². The van der Waals surface area contributed by atoms with E-state index in [9.17, 15) is 0 Å². The number of anilines is 1. The van der Waals surface area contributed by atoms with E-state index in [1.165, 1.54) is 5.00 Å². The Kier molecular flexibility index (Phi) is 7.56. The van der Waals surface area contributed by atoms with Crippen LogP contribution in [0.2, 0.25) is 0 Å². The second kappa shape index (κ2) is 10.3. The fraction of sp³-hybridized carbons (Fsp3) is 0.476. The highest BCUT2D eigenvalue weighted by atomic mass is 32.1. The van der Waals surface area contributed by atoms with Crippen LogP contribution in [0.1, 0.15) is 5.56 Å². The highest BCUT2D eigenvalue weighted by molar-refractivity contribution is 7.14. The number of piperazine rings is 1. The number of guanidine groups is 1. The summed E-state index contributed by atoms with van der Waals surface area (Å²) in [7, 11) is 5.96. The molecular weight excluding hydrogens is 370 g/mol. The zero-order valence-corrected chi connectivity index (χ0v) is 17.9. The Hall–Kier alpha value is -2.25.